The maximum Gasteiger partial charge on any atom is 0.214 e. The Balaban J connectivity index is 1.95. The third-order valence-corrected chi connectivity index (χ3v) is 2.47. The minimum atomic E-state index is -0.669. The highest BCUT2D eigenvalue weighted by atomic mass is 35.5. The molecular weight excluding hydrogens is 238 g/mol. The van der Waals surface area contributed by atoms with E-state index < -0.39 is 6.10 Å². The number of aliphatic hydroxyl groups is 1. The Kier molecular flexibility index (Phi) is 3.96. The van der Waals surface area contributed by atoms with Crippen molar-refractivity contribution in [1.29, 1.82) is 0 Å². The molecule has 17 heavy (non-hydrogen) atoms. The lowest BCUT2D eigenvalue weighted by Crippen LogP contribution is -2.10. The second-order valence-corrected chi connectivity index (χ2v) is 3.92. The maximum absolute atomic E-state index is 9.87. The predicted molar refractivity (Wildman–Crippen MR) is 66.1 cm³/mol. The fourth-order valence-corrected chi connectivity index (χ4v) is 1.56. The molecule has 1 atom stereocenters. The molecule has 1 aromatic heterocycles. The molecule has 0 radical (unpaired) electrons. The van der Waals surface area contributed by atoms with Gasteiger partial charge in [0.2, 0.25) is 5.88 Å². The van der Waals surface area contributed by atoms with Gasteiger partial charge in [-0.25, -0.2) is 4.98 Å². The van der Waals surface area contributed by atoms with Crippen molar-refractivity contribution in [3.05, 3.63) is 59.2 Å². The van der Waals surface area contributed by atoms with Gasteiger partial charge < -0.3 is 9.84 Å². The number of ether oxygens (including phenoxy) is 1. The largest absolute Gasteiger partial charge is 0.474 e. The van der Waals surface area contributed by atoms with Crippen molar-refractivity contribution in [2.24, 2.45) is 0 Å². The second-order valence-electron chi connectivity index (χ2n) is 3.54. The van der Waals surface area contributed by atoms with Crippen LogP contribution in [0.2, 0.25) is 5.15 Å². The molecule has 1 N–H and O–H groups in total. The quantitative estimate of drug-likeness (QED) is 0.848. The molecule has 4 heteroatoms. The zero-order valence-corrected chi connectivity index (χ0v) is 9.84. The minimum absolute atomic E-state index is 0.150. The van der Waals surface area contributed by atoms with Crippen LogP contribution >= 0.6 is 11.6 Å². The van der Waals surface area contributed by atoms with Crippen LogP contribution in [0, 0.1) is 0 Å². The molecular formula is C13H12ClNO2. The highest BCUT2D eigenvalue weighted by Gasteiger charge is 2.08. The van der Waals surface area contributed by atoms with Gasteiger partial charge in [0.05, 0.1) is 0 Å². The van der Waals surface area contributed by atoms with Crippen LogP contribution in [-0.2, 0) is 0 Å². The number of rotatable bonds is 4. The Morgan fingerprint density at radius 3 is 2.59 bits per heavy atom. The van der Waals surface area contributed by atoms with E-state index in [1.165, 1.54) is 0 Å². The van der Waals surface area contributed by atoms with E-state index in [0.717, 1.165) is 5.56 Å². The van der Waals surface area contributed by atoms with Gasteiger partial charge in [-0.1, -0.05) is 48.0 Å². The smallest absolute Gasteiger partial charge is 0.214 e. The number of hydrogen-bond donors (Lipinski definition) is 1. The number of pyridine rings is 1. The molecule has 0 spiro atoms. The van der Waals surface area contributed by atoms with E-state index in [2.05, 4.69) is 4.98 Å². The van der Waals surface area contributed by atoms with Gasteiger partial charge in [-0.15, -0.1) is 0 Å². The molecule has 0 fully saturated rings. The lowest BCUT2D eigenvalue weighted by atomic mass is 10.1. The number of nitrogens with zero attached hydrogens (tertiary/aromatic N) is 1. The summed E-state index contributed by atoms with van der Waals surface area (Å²) in [6.07, 6.45) is -0.669. The summed E-state index contributed by atoms with van der Waals surface area (Å²) in [5.41, 5.74) is 0.814. The molecule has 0 unspecified atom stereocenters. The van der Waals surface area contributed by atoms with E-state index in [0.29, 0.717) is 11.0 Å². The second kappa shape index (κ2) is 5.66. The summed E-state index contributed by atoms with van der Waals surface area (Å²) in [5, 5.41) is 10.2. The standard InChI is InChI=1S/C13H12ClNO2/c14-12-7-4-8-13(15-12)17-9-11(16)10-5-2-1-3-6-10/h1-8,11,16H,9H2/t11-/m1/s1. The average Bonchev–Trinajstić information content (AvgIpc) is 2.37. The van der Waals surface area contributed by atoms with E-state index in [1.54, 1.807) is 18.2 Å². The molecule has 0 aliphatic heterocycles. The summed E-state index contributed by atoms with van der Waals surface area (Å²) in [7, 11) is 0. The van der Waals surface area contributed by atoms with Crippen molar-refractivity contribution >= 4 is 11.6 Å². The van der Waals surface area contributed by atoms with Crippen molar-refractivity contribution < 1.29 is 9.84 Å². The van der Waals surface area contributed by atoms with Crippen molar-refractivity contribution in [1.82, 2.24) is 4.98 Å². The fraction of sp³-hybridized carbons (Fsp3) is 0.154. The topological polar surface area (TPSA) is 42.4 Å². The lowest BCUT2D eigenvalue weighted by molar-refractivity contribution is 0.105. The van der Waals surface area contributed by atoms with Gasteiger partial charge in [-0.2, -0.15) is 0 Å². The first-order valence-electron chi connectivity index (χ1n) is 5.24. The Morgan fingerprint density at radius 1 is 1.12 bits per heavy atom. The molecule has 0 saturated heterocycles. The van der Waals surface area contributed by atoms with Crippen LogP contribution in [0.25, 0.3) is 0 Å². The minimum Gasteiger partial charge on any atom is -0.474 e. The van der Waals surface area contributed by atoms with E-state index in [9.17, 15) is 5.11 Å². The van der Waals surface area contributed by atoms with Crippen LogP contribution in [0.15, 0.2) is 48.5 Å². The molecule has 0 amide bonds. The average molecular weight is 250 g/mol. The number of aromatic nitrogens is 1. The van der Waals surface area contributed by atoms with Gasteiger partial charge in [0, 0.05) is 6.07 Å². The van der Waals surface area contributed by atoms with E-state index in [1.807, 2.05) is 30.3 Å². The maximum atomic E-state index is 9.87. The van der Waals surface area contributed by atoms with Gasteiger partial charge in [0.25, 0.3) is 0 Å². The summed E-state index contributed by atoms with van der Waals surface area (Å²) in [5.74, 6) is 0.410. The Hall–Kier alpha value is -1.58. The molecule has 1 heterocycles. The third-order valence-electron chi connectivity index (χ3n) is 2.26. The van der Waals surface area contributed by atoms with Gasteiger partial charge in [0.15, 0.2) is 0 Å². The molecule has 0 saturated carbocycles. The summed E-state index contributed by atoms with van der Waals surface area (Å²) in [4.78, 5) is 3.97. The number of hydrogen-bond acceptors (Lipinski definition) is 3. The van der Waals surface area contributed by atoms with Crippen LogP contribution in [0.4, 0.5) is 0 Å². The SMILES string of the molecule is O[C@H](COc1cccc(Cl)n1)c1ccccc1. The highest BCUT2D eigenvalue weighted by molar-refractivity contribution is 6.29. The van der Waals surface area contributed by atoms with Crippen LogP contribution in [-0.4, -0.2) is 16.7 Å². The van der Waals surface area contributed by atoms with Crippen molar-refractivity contribution in [2.75, 3.05) is 6.61 Å². The number of benzene rings is 1. The van der Waals surface area contributed by atoms with Gasteiger partial charge in [0.1, 0.15) is 17.9 Å². The first-order valence-corrected chi connectivity index (χ1v) is 5.62. The molecule has 0 bridgehead atoms. The molecule has 2 aromatic rings. The van der Waals surface area contributed by atoms with E-state index in [4.69, 9.17) is 16.3 Å². The third kappa shape index (κ3) is 3.44. The highest BCUT2D eigenvalue weighted by Crippen LogP contribution is 2.16. The van der Waals surface area contributed by atoms with E-state index >= 15 is 0 Å². The molecule has 1 aromatic carbocycles. The lowest BCUT2D eigenvalue weighted by Gasteiger charge is -2.11. The normalized spacial score (nSPS) is 12.1. The van der Waals surface area contributed by atoms with Crippen LogP contribution in [0.1, 0.15) is 11.7 Å². The Bertz CT molecular complexity index is 476. The molecule has 0 aliphatic rings. The van der Waals surface area contributed by atoms with Crippen LogP contribution in [0.5, 0.6) is 5.88 Å². The van der Waals surface area contributed by atoms with Gasteiger partial charge >= 0.3 is 0 Å². The zero-order chi connectivity index (χ0) is 12.1. The fourth-order valence-electron chi connectivity index (χ4n) is 1.41. The molecule has 0 aliphatic carbocycles. The van der Waals surface area contributed by atoms with Crippen LogP contribution < -0.4 is 4.74 Å². The summed E-state index contributed by atoms with van der Waals surface area (Å²) >= 11 is 5.72. The molecule has 2 rings (SSSR count). The van der Waals surface area contributed by atoms with Crippen LogP contribution in [0.3, 0.4) is 0 Å². The number of aliphatic hydroxyl groups excluding tert-OH is 1. The monoisotopic (exact) mass is 249 g/mol. The predicted octanol–water partition coefficient (Wildman–Crippen LogP) is 2.85. The first kappa shape index (κ1) is 11.9. The zero-order valence-electron chi connectivity index (χ0n) is 9.08. The summed E-state index contributed by atoms with van der Waals surface area (Å²) in [6.45, 7) is 0.150. The number of halogens is 1. The van der Waals surface area contributed by atoms with Gasteiger partial charge in [-0.05, 0) is 11.6 Å². The van der Waals surface area contributed by atoms with Crippen molar-refractivity contribution in [3.63, 3.8) is 0 Å². The van der Waals surface area contributed by atoms with Gasteiger partial charge in [-0.3, -0.25) is 0 Å². The summed E-state index contributed by atoms with van der Waals surface area (Å²) in [6, 6.07) is 14.5. The van der Waals surface area contributed by atoms with E-state index in [-0.39, 0.29) is 6.61 Å². The Labute approximate surface area is 105 Å². The van der Waals surface area contributed by atoms with Crippen molar-refractivity contribution in [2.45, 2.75) is 6.10 Å². The van der Waals surface area contributed by atoms with Crippen molar-refractivity contribution in [3.8, 4) is 5.88 Å². The first-order chi connectivity index (χ1) is 8.25. The molecule has 88 valence electrons. The summed E-state index contributed by atoms with van der Waals surface area (Å²) < 4.78 is 5.36. The molecule has 3 nitrogen and oxygen atoms in total. The Morgan fingerprint density at radius 2 is 1.88 bits per heavy atom.